The first kappa shape index (κ1) is 15.1. The zero-order valence-electron chi connectivity index (χ0n) is 12.9. The maximum Gasteiger partial charge on any atom is 0.234 e. The molecule has 5 heteroatoms. The number of aromatic nitrogens is 2. The van der Waals surface area contributed by atoms with Gasteiger partial charge in [-0.1, -0.05) is 12.1 Å². The highest BCUT2D eigenvalue weighted by molar-refractivity contribution is 5.46. The van der Waals surface area contributed by atoms with E-state index >= 15 is 0 Å². The van der Waals surface area contributed by atoms with Gasteiger partial charge in [0.2, 0.25) is 5.88 Å². The molecular weight excluding hydrogens is 264 g/mol. The summed E-state index contributed by atoms with van der Waals surface area (Å²) >= 11 is 0. The van der Waals surface area contributed by atoms with Crippen LogP contribution in [0.2, 0.25) is 0 Å². The van der Waals surface area contributed by atoms with Crippen molar-refractivity contribution in [3.8, 4) is 5.88 Å². The van der Waals surface area contributed by atoms with Crippen molar-refractivity contribution in [1.82, 2.24) is 9.97 Å². The molecule has 0 radical (unpaired) electrons. The number of nitrogens with two attached hydrogens (primary N) is 1. The molecule has 0 aliphatic heterocycles. The van der Waals surface area contributed by atoms with Gasteiger partial charge in [0.05, 0.1) is 24.5 Å². The minimum atomic E-state index is 0.0752. The van der Waals surface area contributed by atoms with Crippen LogP contribution in [0.1, 0.15) is 32.4 Å². The molecule has 0 fully saturated rings. The number of nitrogen functional groups attached to an aromatic ring is 1. The lowest BCUT2D eigenvalue weighted by Crippen LogP contribution is -2.23. The number of anilines is 2. The first-order chi connectivity index (χ1) is 9.97. The van der Waals surface area contributed by atoms with Crippen LogP contribution in [0.15, 0.2) is 36.7 Å². The van der Waals surface area contributed by atoms with Crippen LogP contribution in [0.25, 0.3) is 0 Å². The number of benzene rings is 1. The Morgan fingerprint density at radius 1 is 1.19 bits per heavy atom. The van der Waals surface area contributed by atoms with E-state index < -0.39 is 0 Å². The molecule has 1 atom stereocenters. The molecule has 1 unspecified atom stereocenters. The second-order valence-corrected chi connectivity index (χ2v) is 5.34. The summed E-state index contributed by atoms with van der Waals surface area (Å²) in [7, 11) is 1.98. The van der Waals surface area contributed by atoms with Crippen LogP contribution in [0.3, 0.4) is 0 Å². The van der Waals surface area contributed by atoms with Crippen LogP contribution in [0.4, 0.5) is 11.5 Å². The summed E-state index contributed by atoms with van der Waals surface area (Å²) in [6.07, 6.45) is 3.43. The van der Waals surface area contributed by atoms with E-state index in [1.807, 2.05) is 39.1 Å². The average Bonchev–Trinajstić information content (AvgIpc) is 2.45. The third-order valence-corrected chi connectivity index (χ3v) is 3.29. The van der Waals surface area contributed by atoms with Crippen LogP contribution in [-0.2, 0) is 0 Å². The average molecular weight is 286 g/mol. The first-order valence-electron chi connectivity index (χ1n) is 7.04. The lowest BCUT2D eigenvalue weighted by molar-refractivity contribution is 0.231. The summed E-state index contributed by atoms with van der Waals surface area (Å²) in [5.74, 6) is 1.30. The molecule has 2 rings (SSSR count). The Balaban J connectivity index is 2.21. The first-order valence-corrected chi connectivity index (χ1v) is 7.04. The van der Waals surface area contributed by atoms with E-state index in [9.17, 15) is 0 Å². The van der Waals surface area contributed by atoms with Crippen LogP contribution < -0.4 is 15.4 Å². The molecule has 1 aromatic carbocycles. The predicted octanol–water partition coefficient (Wildman–Crippen LogP) is 3.04. The third-order valence-electron chi connectivity index (χ3n) is 3.29. The Kier molecular flexibility index (Phi) is 4.62. The quantitative estimate of drug-likeness (QED) is 0.856. The number of rotatable bonds is 5. The molecule has 0 aliphatic rings. The van der Waals surface area contributed by atoms with Crippen molar-refractivity contribution in [3.63, 3.8) is 0 Å². The molecule has 1 heterocycles. The van der Waals surface area contributed by atoms with Crippen molar-refractivity contribution >= 4 is 11.5 Å². The molecule has 0 spiro atoms. The van der Waals surface area contributed by atoms with Crippen LogP contribution in [0, 0.1) is 0 Å². The lowest BCUT2D eigenvalue weighted by atomic mass is 10.1. The summed E-state index contributed by atoms with van der Waals surface area (Å²) in [5.41, 5.74) is 7.74. The molecule has 0 saturated heterocycles. The zero-order valence-corrected chi connectivity index (χ0v) is 12.9. The van der Waals surface area contributed by atoms with Crippen molar-refractivity contribution in [3.05, 3.63) is 42.2 Å². The third kappa shape index (κ3) is 3.84. The summed E-state index contributed by atoms with van der Waals surface area (Å²) in [5, 5.41) is 0. The van der Waals surface area contributed by atoms with Gasteiger partial charge in [0.1, 0.15) is 0 Å². The van der Waals surface area contributed by atoms with Gasteiger partial charge in [-0.05, 0) is 38.5 Å². The largest absolute Gasteiger partial charge is 0.474 e. The molecule has 0 amide bonds. The monoisotopic (exact) mass is 286 g/mol. The molecule has 0 saturated carbocycles. The Morgan fingerprint density at radius 3 is 2.62 bits per heavy atom. The zero-order chi connectivity index (χ0) is 15.4. The van der Waals surface area contributed by atoms with Crippen LogP contribution in [-0.4, -0.2) is 23.1 Å². The van der Waals surface area contributed by atoms with E-state index in [0.29, 0.717) is 5.88 Å². The number of ether oxygens (including phenoxy) is 1. The fourth-order valence-corrected chi connectivity index (χ4v) is 2.05. The summed E-state index contributed by atoms with van der Waals surface area (Å²) in [4.78, 5) is 10.7. The van der Waals surface area contributed by atoms with Gasteiger partial charge in [0.25, 0.3) is 0 Å². The van der Waals surface area contributed by atoms with Gasteiger partial charge < -0.3 is 15.4 Å². The summed E-state index contributed by atoms with van der Waals surface area (Å²) < 4.78 is 5.59. The van der Waals surface area contributed by atoms with Crippen LogP contribution >= 0.6 is 0 Å². The lowest BCUT2D eigenvalue weighted by Gasteiger charge is -2.26. The Labute approximate surface area is 125 Å². The smallest absolute Gasteiger partial charge is 0.234 e. The molecule has 0 aliphatic carbocycles. The van der Waals surface area contributed by atoms with Gasteiger partial charge in [-0.25, -0.2) is 0 Å². The van der Waals surface area contributed by atoms with Crippen molar-refractivity contribution in [2.75, 3.05) is 17.7 Å². The van der Waals surface area contributed by atoms with E-state index in [1.54, 1.807) is 12.4 Å². The van der Waals surface area contributed by atoms with Gasteiger partial charge in [-0.3, -0.25) is 4.98 Å². The van der Waals surface area contributed by atoms with Gasteiger partial charge in [-0.15, -0.1) is 0 Å². The van der Waals surface area contributed by atoms with Gasteiger partial charge in [-0.2, -0.15) is 4.98 Å². The fourth-order valence-electron chi connectivity index (χ4n) is 2.05. The van der Waals surface area contributed by atoms with Gasteiger partial charge in [0.15, 0.2) is 5.82 Å². The van der Waals surface area contributed by atoms with Gasteiger partial charge in [0, 0.05) is 12.7 Å². The van der Waals surface area contributed by atoms with Crippen molar-refractivity contribution < 1.29 is 4.74 Å². The highest BCUT2D eigenvalue weighted by atomic mass is 16.5. The highest BCUT2D eigenvalue weighted by Crippen LogP contribution is 2.25. The van der Waals surface area contributed by atoms with Crippen molar-refractivity contribution in [2.24, 2.45) is 0 Å². The fraction of sp³-hybridized carbons (Fsp3) is 0.375. The van der Waals surface area contributed by atoms with Crippen LogP contribution in [0.5, 0.6) is 5.88 Å². The highest BCUT2D eigenvalue weighted by Gasteiger charge is 2.15. The molecular formula is C16H22N4O. The molecule has 0 bridgehead atoms. The number of hydrogen-bond donors (Lipinski definition) is 1. The van der Waals surface area contributed by atoms with E-state index in [-0.39, 0.29) is 12.1 Å². The number of hydrogen-bond acceptors (Lipinski definition) is 5. The molecule has 1 aromatic heterocycles. The standard InChI is InChI=1S/C16H22N4O/c1-11(2)21-16-10-18-9-15(19-16)20(4)12(3)13-6-5-7-14(17)8-13/h5-12H,17H2,1-4H3. The molecule has 21 heavy (non-hydrogen) atoms. The Bertz CT molecular complexity index is 600. The maximum atomic E-state index is 5.85. The van der Waals surface area contributed by atoms with Crippen molar-refractivity contribution in [1.29, 1.82) is 0 Å². The normalized spacial score (nSPS) is 12.2. The molecule has 2 aromatic rings. The van der Waals surface area contributed by atoms with E-state index in [2.05, 4.69) is 27.9 Å². The van der Waals surface area contributed by atoms with Crippen molar-refractivity contribution in [2.45, 2.75) is 32.9 Å². The molecule has 112 valence electrons. The van der Waals surface area contributed by atoms with E-state index in [4.69, 9.17) is 10.5 Å². The minimum absolute atomic E-state index is 0.0752. The summed E-state index contributed by atoms with van der Waals surface area (Å²) in [6, 6.07) is 8.01. The Morgan fingerprint density at radius 2 is 1.95 bits per heavy atom. The van der Waals surface area contributed by atoms with E-state index in [0.717, 1.165) is 17.1 Å². The SMILES string of the molecule is CC(C)Oc1cncc(N(C)C(C)c2cccc(N)c2)n1. The topological polar surface area (TPSA) is 64.3 Å². The second kappa shape index (κ2) is 6.43. The second-order valence-electron chi connectivity index (χ2n) is 5.34. The molecule has 5 nitrogen and oxygen atoms in total. The predicted molar refractivity (Wildman–Crippen MR) is 85.5 cm³/mol. The Hall–Kier alpha value is -2.30. The molecule has 2 N–H and O–H groups in total. The van der Waals surface area contributed by atoms with E-state index in [1.165, 1.54) is 0 Å². The maximum absolute atomic E-state index is 5.85. The minimum Gasteiger partial charge on any atom is -0.474 e. The number of nitrogens with zero attached hydrogens (tertiary/aromatic N) is 3. The summed E-state index contributed by atoms with van der Waals surface area (Å²) in [6.45, 7) is 6.04. The van der Waals surface area contributed by atoms with Gasteiger partial charge >= 0.3 is 0 Å².